The zero-order valence-corrected chi connectivity index (χ0v) is 60.0. The summed E-state index contributed by atoms with van der Waals surface area (Å²) in [6.07, 6.45) is -37.1. The van der Waals surface area contributed by atoms with Crippen LogP contribution in [0.25, 0.3) is 28.0 Å². The second kappa shape index (κ2) is 33.8. The van der Waals surface area contributed by atoms with E-state index in [1.165, 1.54) is 18.2 Å². The zero-order chi connectivity index (χ0) is 86.7. The SMILES string of the molecule is [B]Cc1ccc(C(=O)OC(CS(=O)(=O)[O-])(C(F)(F)F)C(F)(F)F)c(OC(=O)C2C=Cc3ccccc32)c1.[B]Cc1ccc(C(=O)OC(CS(=O)(=O)[O-])(C(F)(F)F)C(F)(F)F)c(OC(=O)C2c3ccccc3-c3ccccc32)c1.[B]Cc1ccc(C(=O)OC(CS(=O)(=O)[O-])(C(F)(F)F)C(F)(F)F)c(OC(=O)c2cccc3ccccc23)c1. The van der Waals surface area contributed by atoms with Crippen molar-refractivity contribution in [1.82, 2.24) is 0 Å². The van der Waals surface area contributed by atoms with Gasteiger partial charge in [-0.1, -0.05) is 175 Å². The summed E-state index contributed by atoms with van der Waals surface area (Å²) in [5.41, 5.74) is -16.5. The Morgan fingerprint density at radius 2 is 0.672 bits per heavy atom. The summed E-state index contributed by atoms with van der Waals surface area (Å²) in [7, 11) is -2.20. The lowest BCUT2D eigenvalue weighted by Crippen LogP contribution is -2.63. The van der Waals surface area contributed by atoms with Crippen LogP contribution in [0, 0.1) is 0 Å². The Balaban J connectivity index is 0.000000218. The summed E-state index contributed by atoms with van der Waals surface area (Å²) in [6, 6.07) is 38.9. The molecule has 610 valence electrons. The fraction of sp³-hybridized carbons (Fsp3) is 0.239. The van der Waals surface area contributed by atoms with Crippen LogP contribution in [0.5, 0.6) is 17.2 Å². The van der Waals surface area contributed by atoms with E-state index in [1.807, 2.05) is 0 Å². The molecule has 0 heterocycles. The number of hydrogen-bond donors (Lipinski definition) is 0. The Hall–Kier alpha value is -10.8. The van der Waals surface area contributed by atoms with E-state index in [1.54, 1.807) is 109 Å². The fourth-order valence-corrected chi connectivity index (χ4v) is 14.0. The second-order valence-corrected chi connectivity index (χ2v) is 28.9. The third kappa shape index (κ3) is 20.0. The topological polar surface area (TPSA) is 329 Å². The second-order valence-electron chi connectivity index (χ2n) is 24.7. The van der Waals surface area contributed by atoms with Crippen LogP contribution in [-0.2, 0) is 73.1 Å². The number of fused-ring (bicyclic) bond motifs is 5. The number of hydrogen-bond acceptors (Lipinski definition) is 21. The van der Waals surface area contributed by atoms with E-state index >= 15 is 0 Å². The predicted octanol–water partition coefficient (Wildman–Crippen LogP) is 12.6. The van der Waals surface area contributed by atoms with Crippen LogP contribution in [-0.4, -0.2) is 169 Å². The van der Waals surface area contributed by atoms with Crippen LogP contribution in [0.15, 0.2) is 176 Å². The minimum absolute atomic E-state index is 0.0575. The quantitative estimate of drug-likeness (QED) is 0.0161. The lowest BCUT2D eigenvalue weighted by Gasteiger charge is -2.37. The van der Waals surface area contributed by atoms with Gasteiger partial charge in [0.15, 0.2) is 0 Å². The molecule has 0 amide bonds. The molecular weight excluding hydrogens is 1660 g/mol. The van der Waals surface area contributed by atoms with E-state index in [-0.39, 0.29) is 41.2 Å². The molecule has 8 aromatic rings. The molecule has 1 atom stereocenters. The van der Waals surface area contributed by atoms with Gasteiger partial charge in [0.1, 0.15) is 45.8 Å². The molecule has 8 aromatic carbocycles. The number of benzene rings is 8. The molecule has 116 heavy (non-hydrogen) atoms. The van der Waals surface area contributed by atoms with Gasteiger partial charge in [0.25, 0.3) is 0 Å². The van der Waals surface area contributed by atoms with E-state index in [4.69, 9.17) is 37.7 Å². The fourth-order valence-electron chi connectivity index (χ4n) is 11.4. The Morgan fingerprint density at radius 3 is 1.03 bits per heavy atom. The van der Waals surface area contributed by atoms with Crippen LogP contribution >= 0.6 is 0 Å². The summed E-state index contributed by atoms with van der Waals surface area (Å²) in [4.78, 5) is 77.2. The van der Waals surface area contributed by atoms with Crippen molar-refractivity contribution in [2.75, 3.05) is 17.3 Å². The molecule has 2 aliphatic rings. The molecule has 0 aromatic heterocycles. The highest BCUT2D eigenvalue weighted by Gasteiger charge is 2.77. The Labute approximate surface area is 646 Å². The van der Waals surface area contributed by atoms with Gasteiger partial charge in [-0.2, -0.15) is 79.0 Å². The molecule has 0 N–H and O–H groups in total. The van der Waals surface area contributed by atoms with Crippen LogP contribution in [0.1, 0.15) is 92.2 Å². The molecule has 21 nitrogen and oxygen atoms in total. The van der Waals surface area contributed by atoms with E-state index in [0.717, 1.165) is 36.4 Å². The van der Waals surface area contributed by atoms with Gasteiger partial charge in [-0.3, -0.25) is 9.59 Å². The van der Waals surface area contributed by atoms with Gasteiger partial charge in [0, 0.05) is 0 Å². The van der Waals surface area contributed by atoms with Crippen molar-refractivity contribution in [2.45, 2.75) is 84.7 Å². The van der Waals surface area contributed by atoms with E-state index in [0.29, 0.717) is 62.4 Å². The van der Waals surface area contributed by atoms with Gasteiger partial charge in [0.05, 0.1) is 76.7 Å². The molecule has 0 spiro atoms. The van der Waals surface area contributed by atoms with Crippen molar-refractivity contribution >= 4 is 107 Å². The van der Waals surface area contributed by atoms with Crippen molar-refractivity contribution in [2.24, 2.45) is 0 Å². The number of carbonyl (C=O) groups is 6. The monoisotopic (exact) mass is 1700 g/mol. The minimum atomic E-state index is -6.58. The average molecular weight is 1700 g/mol. The Kier molecular flexibility index (Phi) is 26.5. The third-order valence-corrected chi connectivity index (χ3v) is 19.2. The first-order valence-corrected chi connectivity index (χ1v) is 36.7. The van der Waals surface area contributed by atoms with Crippen LogP contribution in [0.2, 0.25) is 0 Å². The molecule has 2 aliphatic carbocycles. The predicted molar refractivity (Wildman–Crippen MR) is 364 cm³/mol. The largest absolute Gasteiger partial charge is 0.748 e. The molecule has 0 saturated carbocycles. The van der Waals surface area contributed by atoms with Crippen LogP contribution < -0.4 is 14.2 Å². The lowest BCUT2D eigenvalue weighted by molar-refractivity contribution is -0.357. The van der Waals surface area contributed by atoms with Gasteiger partial charge in [-0.15, -0.1) is 0 Å². The first kappa shape index (κ1) is 90.8. The van der Waals surface area contributed by atoms with E-state index in [9.17, 15) is 147 Å². The normalized spacial score (nSPS) is 14.1. The maximum Gasteiger partial charge on any atom is 0.438 e. The summed E-state index contributed by atoms with van der Waals surface area (Å²) in [5, 5.41) is 0.976. The van der Waals surface area contributed by atoms with Gasteiger partial charge in [-0.25, -0.2) is 44.4 Å². The van der Waals surface area contributed by atoms with E-state index < -0.39 is 183 Å². The van der Waals surface area contributed by atoms with E-state index in [2.05, 4.69) is 14.2 Å². The molecular formula is C71H44B3F18O21S3-3. The Bertz CT molecular complexity index is 5430. The molecule has 0 aliphatic heterocycles. The van der Waals surface area contributed by atoms with Crippen molar-refractivity contribution in [3.05, 3.63) is 237 Å². The summed E-state index contributed by atoms with van der Waals surface area (Å²) in [5.74, 6) is -24.3. The van der Waals surface area contributed by atoms with Crippen LogP contribution in [0.3, 0.4) is 0 Å². The molecule has 45 heteroatoms. The summed E-state index contributed by atoms with van der Waals surface area (Å²) >= 11 is 0. The Morgan fingerprint density at radius 1 is 0.353 bits per heavy atom. The molecule has 0 saturated heterocycles. The number of carbonyl (C=O) groups excluding carboxylic acids is 6. The lowest BCUT2D eigenvalue weighted by atomic mass is 9.95. The first-order chi connectivity index (χ1) is 53.5. The number of esters is 6. The van der Waals surface area contributed by atoms with Gasteiger partial charge >= 0.3 is 89.7 Å². The highest BCUT2D eigenvalue weighted by Crippen LogP contribution is 2.52. The number of ether oxygens (including phenoxy) is 6. The highest BCUT2D eigenvalue weighted by molar-refractivity contribution is 7.86. The van der Waals surface area contributed by atoms with Crippen molar-refractivity contribution in [3.63, 3.8) is 0 Å². The summed E-state index contributed by atoms with van der Waals surface area (Å²) in [6.45, 7) is 0. The maximum atomic E-state index is 13.7. The molecule has 0 fully saturated rings. The molecule has 10 rings (SSSR count). The van der Waals surface area contributed by atoms with Gasteiger partial charge < -0.3 is 42.1 Å². The highest BCUT2D eigenvalue weighted by atomic mass is 32.2. The van der Waals surface area contributed by atoms with Gasteiger partial charge in [-0.05, 0) is 86.6 Å². The zero-order valence-electron chi connectivity index (χ0n) is 57.6. The van der Waals surface area contributed by atoms with Gasteiger partial charge in [0.2, 0.25) is 0 Å². The molecule has 6 radical (unpaired) electrons. The maximum absolute atomic E-state index is 13.7. The number of halogens is 18. The molecule has 0 bridgehead atoms. The van der Waals surface area contributed by atoms with Crippen molar-refractivity contribution in [1.29, 1.82) is 0 Å². The standard InChI is InChI=1S/C26H17BF6O7S.C23H15BF6O7S.C22H15BF6O7S/c27-12-14-9-10-19(22(34)40-24(25(28,29)30,26(31,32)33)13-41(36,37)38)20(11-14)39-23(35)21-17-7-3-1-5-15(17)16-6-2-4-8-18(16)21;24-11-13-8-9-17(20(32)37-21(22(25,26)27,23(28,29)30)12-38(33,34)35)18(10-13)36-19(31)16-7-3-5-14-4-1-2-6-15(14)16;23-10-12-5-7-16(17(9-12)35-18(30)15-8-6-13-3-1-2-4-14(13)15)19(31)36-20(21(24,25)26,22(27,28)29)11-37(32,33)34/h1-11,21H,12-13H2,(H,36,37,38);1-10H,11-12H2,(H,33,34,35);1-9,15H,10-11H2,(H,32,33,34)/p-3. The van der Waals surface area contributed by atoms with Crippen molar-refractivity contribution < 1.29 is 175 Å². The third-order valence-electron chi connectivity index (χ3n) is 16.9. The number of alkyl halides is 18. The van der Waals surface area contributed by atoms with Crippen LogP contribution in [0.4, 0.5) is 79.0 Å². The smallest absolute Gasteiger partial charge is 0.438 e. The minimum Gasteiger partial charge on any atom is -0.748 e. The van der Waals surface area contributed by atoms with Crippen molar-refractivity contribution in [3.8, 4) is 28.4 Å². The first-order valence-electron chi connectivity index (χ1n) is 32.0. The molecule has 1 unspecified atom stereocenters. The average Bonchev–Trinajstić information content (AvgIpc) is 1.04. The summed E-state index contributed by atoms with van der Waals surface area (Å²) < 4.78 is 371. The number of rotatable bonds is 21.